The first-order valence-corrected chi connectivity index (χ1v) is 8.46. The van der Waals surface area contributed by atoms with Crippen LogP contribution < -0.4 is 5.73 Å². The maximum atomic E-state index is 5.93. The van der Waals surface area contributed by atoms with Crippen molar-refractivity contribution in [3.8, 4) is 0 Å². The molecule has 116 valence electrons. The molecule has 2 N–H and O–H groups in total. The number of aliphatic imine (C=N–C) groups is 1. The van der Waals surface area contributed by atoms with Crippen LogP contribution in [0.1, 0.15) is 71.6 Å². The Kier molecular flexibility index (Phi) is 9.38. The van der Waals surface area contributed by atoms with Gasteiger partial charge in [0.05, 0.1) is 12.7 Å². The number of hydrogen-bond acceptors (Lipinski definition) is 3. The van der Waals surface area contributed by atoms with Crippen molar-refractivity contribution in [2.75, 3.05) is 13.1 Å². The summed E-state index contributed by atoms with van der Waals surface area (Å²) < 4.78 is 0. The monoisotopic (exact) mass is 279 g/mol. The molecule has 1 aliphatic heterocycles. The minimum Gasteiger partial charge on any atom is -0.343 e. The van der Waals surface area contributed by atoms with Gasteiger partial charge >= 0.3 is 0 Å². The summed E-state index contributed by atoms with van der Waals surface area (Å²) in [6.07, 6.45) is 16.5. The van der Waals surface area contributed by atoms with E-state index in [4.69, 9.17) is 5.73 Å². The van der Waals surface area contributed by atoms with E-state index in [-0.39, 0.29) is 6.17 Å². The second kappa shape index (κ2) is 10.9. The minimum absolute atomic E-state index is 0.0905. The summed E-state index contributed by atoms with van der Waals surface area (Å²) >= 11 is 0. The Labute approximate surface area is 125 Å². The predicted octanol–water partition coefficient (Wildman–Crippen LogP) is 4.09. The molecule has 1 rings (SSSR count). The molecule has 20 heavy (non-hydrogen) atoms. The molecule has 0 bridgehead atoms. The van der Waals surface area contributed by atoms with E-state index in [1.807, 2.05) is 6.92 Å². The molecule has 0 radical (unpaired) electrons. The van der Waals surface area contributed by atoms with Crippen molar-refractivity contribution >= 4 is 5.84 Å². The van der Waals surface area contributed by atoms with Crippen molar-refractivity contribution in [3.05, 3.63) is 12.2 Å². The van der Waals surface area contributed by atoms with Crippen LogP contribution in [0.2, 0.25) is 0 Å². The van der Waals surface area contributed by atoms with Gasteiger partial charge in [-0.3, -0.25) is 4.99 Å². The predicted molar refractivity (Wildman–Crippen MR) is 89.0 cm³/mol. The second-order valence-electron chi connectivity index (χ2n) is 5.82. The van der Waals surface area contributed by atoms with Gasteiger partial charge in [0.2, 0.25) is 0 Å². The molecule has 1 aliphatic rings. The van der Waals surface area contributed by atoms with E-state index in [2.05, 4.69) is 29.0 Å². The summed E-state index contributed by atoms with van der Waals surface area (Å²) in [7, 11) is 0. The zero-order valence-electron chi connectivity index (χ0n) is 13.5. The molecule has 0 aromatic rings. The molecular formula is C17H33N3. The third-order valence-electron chi connectivity index (χ3n) is 3.90. The third kappa shape index (κ3) is 7.09. The number of unbranched alkanes of at least 4 members (excludes halogenated alkanes) is 7. The van der Waals surface area contributed by atoms with Crippen molar-refractivity contribution in [2.24, 2.45) is 10.7 Å². The highest BCUT2D eigenvalue weighted by molar-refractivity contribution is 5.85. The molecule has 0 aromatic carbocycles. The average Bonchev–Trinajstić information content (AvgIpc) is 2.89. The number of amidine groups is 1. The van der Waals surface area contributed by atoms with Crippen molar-refractivity contribution in [2.45, 2.75) is 77.8 Å². The molecule has 0 saturated carbocycles. The van der Waals surface area contributed by atoms with Crippen molar-refractivity contribution in [1.29, 1.82) is 0 Å². The molecular weight excluding hydrogens is 246 g/mol. The standard InChI is InChI=1S/C17H33N3/c1-3-4-5-6-7-8-9-10-11-12-13-17-19-14-15-20(17)16(2)18/h11-12,16H,3-10,13-15,18H2,1-2H3/b12-11+. The number of allylic oxidation sites excluding steroid dienone is 1. The zero-order valence-corrected chi connectivity index (χ0v) is 13.5. The molecule has 0 saturated heterocycles. The maximum Gasteiger partial charge on any atom is 0.104 e. The fourth-order valence-electron chi connectivity index (χ4n) is 2.65. The molecule has 1 atom stereocenters. The van der Waals surface area contributed by atoms with E-state index in [9.17, 15) is 0 Å². The number of rotatable bonds is 11. The summed E-state index contributed by atoms with van der Waals surface area (Å²) in [5.74, 6) is 1.16. The summed E-state index contributed by atoms with van der Waals surface area (Å²) in [4.78, 5) is 6.73. The number of hydrogen-bond donors (Lipinski definition) is 1. The first-order valence-electron chi connectivity index (χ1n) is 8.46. The van der Waals surface area contributed by atoms with E-state index < -0.39 is 0 Å². The topological polar surface area (TPSA) is 41.6 Å². The van der Waals surface area contributed by atoms with Crippen LogP contribution in [-0.4, -0.2) is 30.0 Å². The Hall–Kier alpha value is -0.830. The smallest absolute Gasteiger partial charge is 0.104 e. The quantitative estimate of drug-likeness (QED) is 0.457. The first-order chi connectivity index (χ1) is 9.75. The molecule has 0 aromatic heterocycles. The van der Waals surface area contributed by atoms with Gasteiger partial charge in [0.15, 0.2) is 0 Å². The Balaban J connectivity index is 2.00. The Morgan fingerprint density at radius 3 is 2.55 bits per heavy atom. The van der Waals surface area contributed by atoms with Gasteiger partial charge in [-0.05, 0) is 19.8 Å². The Morgan fingerprint density at radius 1 is 1.15 bits per heavy atom. The largest absolute Gasteiger partial charge is 0.343 e. The molecule has 3 heteroatoms. The lowest BCUT2D eigenvalue weighted by Crippen LogP contribution is -2.41. The van der Waals surface area contributed by atoms with Crippen LogP contribution in [0.5, 0.6) is 0 Å². The van der Waals surface area contributed by atoms with Crippen LogP contribution in [0.4, 0.5) is 0 Å². The summed E-state index contributed by atoms with van der Waals surface area (Å²) in [5, 5.41) is 0. The van der Waals surface area contributed by atoms with Gasteiger partial charge in [0, 0.05) is 13.0 Å². The highest BCUT2D eigenvalue weighted by Crippen LogP contribution is 2.10. The van der Waals surface area contributed by atoms with Gasteiger partial charge in [0.1, 0.15) is 5.84 Å². The van der Waals surface area contributed by atoms with Crippen LogP contribution in [0, 0.1) is 0 Å². The van der Waals surface area contributed by atoms with Crippen LogP contribution in [-0.2, 0) is 0 Å². The van der Waals surface area contributed by atoms with Gasteiger partial charge in [-0.25, -0.2) is 0 Å². The van der Waals surface area contributed by atoms with E-state index >= 15 is 0 Å². The fourth-order valence-corrected chi connectivity index (χ4v) is 2.65. The highest BCUT2D eigenvalue weighted by atomic mass is 15.3. The van der Waals surface area contributed by atoms with E-state index in [0.29, 0.717) is 0 Å². The van der Waals surface area contributed by atoms with Gasteiger partial charge in [-0.15, -0.1) is 0 Å². The average molecular weight is 279 g/mol. The first kappa shape index (κ1) is 17.2. The minimum atomic E-state index is 0.0905. The SMILES string of the molecule is CCCCCCCCC/C=C/CC1=NCCN1C(C)N. The number of nitrogens with zero attached hydrogens (tertiary/aromatic N) is 2. The number of nitrogens with two attached hydrogens (primary N) is 1. The Bertz CT molecular complexity index is 295. The van der Waals surface area contributed by atoms with E-state index in [0.717, 1.165) is 25.3 Å². The maximum absolute atomic E-state index is 5.93. The van der Waals surface area contributed by atoms with Gasteiger partial charge < -0.3 is 10.6 Å². The van der Waals surface area contributed by atoms with Crippen LogP contribution in [0.15, 0.2) is 17.1 Å². The van der Waals surface area contributed by atoms with E-state index in [1.54, 1.807) is 0 Å². The molecule has 0 fully saturated rings. The molecule has 1 unspecified atom stereocenters. The summed E-state index contributed by atoms with van der Waals surface area (Å²) in [6, 6.07) is 0. The molecule has 0 amide bonds. The molecule has 0 aliphatic carbocycles. The Morgan fingerprint density at radius 2 is 1.85 bits per heavy atom. The van der Waals surface area contributed by atoms with Gasteiger partial charge in [-0.2, -0.15) is 0 Å². The van der Waals surface area contributed by atoms with Crippen molar-refractivity contribution < 1.29 is 0 Å². The lowest BCUT2D eigenvalue weighted by molar-refractivity contribution is 0.362. The lowest BCUT2D eigenvalue weighted by Gasteiger charge is -2.23. The van der Waals surface area contributed by atoms with Gasteiger partial charge in [0.25, 0.3) is 0 Å². The van der Waals surface area contributed by atoms with Crippen molar-refractivity contribution in [1.82, 2.24) is 4.90 Å². The van der Waals surface area contributed by atoms with Crippen molar-refractivity contribution in [3.63, 3.8) is 0 Å². The van der Waals surface area contributed by atoms with Crippen LogP contribution in [0.3, 0.4) is 0 Å². The van der Waals surface area contributed by atoms with Crippen LogP contribution in [0.25, 0.3) is 0 Å². The zero-order chi connectivity index (χ0) is 14.6. The molecule has 1 heterocycles. The molecule has 3 nitrogen and oxygen atoms in total. The third-order valence-corrected chi connectivity index (χ3v) is 3.90. The second-order valence-corrected chi connectivity index (χ2v) is 5.82. The highest BCUT2D eigenvalue weighted by Gasteiger charge is 2.17. The normalized spacial score (nSPS) is 16.9. The fraction of sp³-hybridized carbons (Fsp3) is 0.824. The van der Waals surface area contributed by atoms with Crippen LogP contribution >= 0.6 is 0 Å². The van der Waals surface area contributed by atoms with Gasteiger partial charge in [-0.1, -0.05) is 57.6 Å². The summed E-state index contributed by atoms with van der Waals surface area (Å²) in [5.41, 5.74) is 5.93. The molecule has 0 spiro atoms. The van der Waals surface area contributed by atoms with E-state index in [1.165, 1.54) is 51.4 Å². The lowest BCUT2D eigenvalue weighted by atomic mass is 10.1. The summed E-state index contributed by atoms with van der Waals surface area (Å²) in [6.45, 7) is 6.19.